The molecule has 0 radical (unpaired) electrons. The average molecular weight is 200 g/mol. The van der Waals surface area contributed by atoms with Crippen molar-refractivity contribution < 1.29 is 0 Å². The van der Waals surface area contributed by atoms with Gasteiger partial charge >= 0.3 is 0 Å². The highest BCUT2D eigenvalue weighted by atomic mass is 32.2. The van der Waals surface area contributed by atoms with Crippen LogP contribution in [0.2, 0.25) is 0 Å². The van der Waals surface area contributed by atoms with Crippen molar-refractivity contribution in [1.29, 1.82) is 0 Å². The zero-order chi connectivity index (χ0) is 9.68. The molecule has 0 aliphatic rings. The molecule has 4 nitrogen and oxygen atoms in total. The second-order valence-electron chi connectivity index (χ2n) is 2.63. The maximum atomic E-state index is 5.43. The summed E-state index contributed by atoms with van der Waals surface area (Å²) in [4.78, 5) is 0. The van der Waals surface area contributed by atoms with Crippen molar-refractivity contribution in [2.45, 2.75) is 32.0 Å². The number of hydrogen-bond donors (Lipinski definition) is 1. The van der Waals surface area contributed by atoms with E-state index in [1.54, 1.807) is 11.8 Å². The maximum absolute atomic E-state index is 5.43. The predicted molar refractivity (Wildman–Crippen MR) is 54.9 cm³/mol. The van der Waals surface area contributed by atoms with E-state index in [0.717, 1.165) is 29.7 Å². The van der Waals surface area contributed by atoms with Crippen molar-refractivity contribution in [2.24, 2.45) is 5.73 Å². The van der Waals surface area contributed by atoms with Gasteiger partial charge in [0.15, 0.2) is 5.16 Å². The fourth-order valence-corrected chi connectivity index (χ4v) is 1.94. The smallest absolute Gasteiger partial charge is 0.191 e. The minimum absolute atomic E-state index is 0.683. The Morgan fingerprint density at radius 2 is 2.15 bits per heavy atom. The van der Waals surface area contributed by atoms with Gasteiger partial charge in [-0.2, -0.15) is 0 Å². The van der Waals surface area contributed by atoms with Gasteiger partial charge in [0.05, 0.1) is 0 Å². The van der Waals surface area contributed by atoms with Crippen molar-refractivity contribution in [3.05, 3.63) is 5.82 Å². The number of nitrogens with two attached hydrogens (primary N) is 1. The molecule has 0 atom stereocenters. The second kappa shape index (κ2) is 5.24. The molecule has 13 heavy (non-hydrogen) atoms. The summed E-state index contributed by atoms with van der Waals surface area (Å²) in [5.41, 5.74) is 5.43. The van der Waals surface area contributed by atoms with Gasteiger partial charge in [0, 0.05) is 25.3 Å². The minimum Gasteiger partial charge on any atom is -0.330 e. The highest BCUT2D eigenvalue weighted by Crippen LogP contribution is 2.16. The Labute approximate surface area is 82.9 Å². The summed E-state index contributed by atoms with van der Waals surface area (Å²) in [5, 5.41) is 9.22. The molecule has 1 heterocycles. The number of aryl methyl sites for hydroxylation is 1. The Balaban J connectivity index is 2.75. The molecule has 2 N–H and O–H groups in total. The van der Waals surface area contributed by atoms with E-state index in [1.807, 2.05) is 0 Å². The minimum atomic E-state index is 0.683. The van der Waals surface area contributed by atoms with Crippen LogP contribution in [-0.2, 0) is 13.0 Å². The van der Waals surface area contributed by atoms with E-state index in [1.165, 1.54) is 0 Å². The average Bonchev–Trinajstić information content (AvgIpc) is 2.56. The quantitative estimate of drug-likeness (QED) is 0.718. The third-order valence-corrected chi connectivity index (χ3v) is 2.77. The molecule has 1 rings (SSSR count). The molecule has 0 aliphatic carbocycles. The van der Waals surface area contributed by atoms with Crippen molar-refractivity contribution >= 4 is 11.8 Å². The zero-order valence-electron chi connectivity index (χ0n) is 8.16. The molecule has 0 fully saturated rings. The summed E-state index contributed by atoms with van der Waals surface area (Å²) in [6, 6.07) is 0. The van der Waals surface area contributed by atoms with Crippen LogP contribution in [0.1, 0.15) is 19.7 Å². The van der Waals surface area contributed by atoms with Crippen LogP contribution < -0.4 is 5.73 Å². The lowest BCUT2D eigenvalue weighted by Gasteiger charge is -2.04. The largest absolute Gasteiger partial charge is 0.330 e. The van der Waals surface area contributed by atoms with Gasteiger partial charge in [0.2, 0.25) is 0 Å². The van der Waals surface area contributed by atoms with Crippen molar-refractivity contribution in [3.63, 3.8) is 0 Å². The summed E-state index contributed by atoms with van der Waals surface area (Å²) in [6.07, 6.45) is 0.935. The normalized spacial score (nSPS) is 10.7. The lowest BCUT2D eigenvalue weighted by molar-refractivity contribution is 0.647. The fourth-order valence-electron chi connectivity index (χ4n) is 1.16. The first-order valence-corrected chi connectivity index (χ1v) is 5.57. The fraction of sp³-hybridized carbons (Fsp3) is 0.750. The lowest BCUT2D eigenvalue weighted by Crippen LogP contribution is -2.05. The molecule has 5 heteroatoms. The SMILES string of the molecule is CCc1nnc(SCCN)n1CC. The maximum Gasteiger partial charge on any atom is 0.191 e. The first-order valence-electron chi connectivity index (χ1n) is 4.58. The van der Waals surface area contributed by atoms with Gasteiger partial charge in [0.25, 0.3) is 0 Å². The third-order valence-electron chi connectivity index (χ3n) is 1.77. The van der Waals surface area contributed by atoms with Crippen molar-refractivity contribution in [2.75, 3.05) is 12.3 Å². The van der Waals surface area contributed by atoms with Crippen LogP contribution in [0.5, 0.6) is 0 Å². The molecule has 1 aromatic heterocycles. The van der Waals surface area contributed by atoms with Gasteiger partial charge in [-0.05, 0) is 6.92 Å². The van der Waals surface area contributed by atoms with Gasteiger partial charge in [-0.3, -0.25) is 0 Å². The second-order valence-corrected chi connectivity index (χ2v) is 3.70. The summed E-state index contributed by atoms with van der Waals surface area (Å²) >= 11 is 1.67. The number of nitrogens with zero attached hydrogens (tertiary/aromatic N) is 3. The van der Waals surface area contributed by atoms with Gasteiger partial charge in [0.1, 0.15) is 5.82 Å². The standard InChI is InChI=1S/C8H16N4S/c1-3-7-10-11-8(12(7)4-2)13-6-5-9/h3-6,9H2,1-2H3. The van der Waals surface area contributed by atoms with E-state index in [4.69, 9.17) is 5.73 Å². The van der Waals surface area contributed by atoms with Gasteiger partial charge in [-0.25, -0.2) is 0 Å². The number of thioether (sulfide) groups is 1. The van der Waals surface area contributed by atoms with Crippen molar-refractivity contribution in [3.8, 4) is 0 Å². The molecule has 0 bridgehead atoms. The Morgan fingerprint density at radius 3 is 2.69 bits per heavy atom. The Hall–Kier alpha value is -0.550. The topological polar surface area (TPSA) is 56.7 Å². The van der Waals surface area contributed by atoms with Crippen molar-refractivity contribution in [1.82, 2.24) is 14.8 Å². The monoisotopic (exact) mass is 200 g/mol. The molecule has 0 aromatic carbocycles. The number of hydrogen-bond acceptors (Lipinski definition) is 4. The Bertz CT molecular complexity index is 259. The van der Waals surface area contributed by atoms with E-state index in [9.17, 15) is 0 Å². The molecule has 0 unspecified atom stereocenters. The van der Waals surface area contributed by atoms with Crippen LogP contribution in [0.4, 0.5) is 0 Å². The Morgan fingerprint density at radius 1 is 1.38 bits per heavy atom. The molecule has 0 saturated heterocycles. The molecular weight excluding hydrogens is 184 g/mol. The predicted octanol–water partition coefficient (Wildman–Crippen LogP) is 0.911. The highest BCUT2D eigenvalue weighted by molar-refractivity contribution is 7.99. The summed E-state index contributed by atoms with van der Waals surface area (Å²) < 4.78 is 2.14. The first kappa shape index (κ1) is 10.5. The van der Waals surface area contributed by atoms with Crippen LogP contribution in [0.3, 0.4) is 0 Å². The van der Waals surface area contributed by atoms with E-state index in [2.05, 4.69) is 28.6 Å². The first-order chi connectivity index (χ1) is 6.33. The van der Waals surface area contributed by atoms with E-state index >= 15 is 0 Å². The van der Waals surface area contributed by atoms with Crippen LogP contribution in [0.15, 0.2) is 5.16 Å². The zero-order valence-corrected chi connectivity index (χ0v) is 8.97. The lowest BCUT2D eigenvalue weighted by atomic mass is 10.4. The molecule has 0 amide bonds. The van der Waals surface area contributed by atoms with Crippen LogP contribution in [0, 0.1) is 0 Å². The molecule has 0 spiro atoms. The molecule has 1 aromatic rings. The van der Waals surface area contributed by atoms with Gasteiger partial charge < -0.3 is 10.3 Å². The summed E-state index contributed by atoms with van der Waals surface area (Å²) in [6.45, 7) is 5.81. The van der Waals surface area contributed by atoms with E-state index in [0.29, 0.717) is 6.54 Å². The Kier molecular flexibility index (Phi) is 4.24. The summed E-state index contributed by atoms with van der Waals surface area (Å²) in [5.74, 6) is 1.96. The molecule has 0 saturated carbocycles. The number of rotatable bonds is 5. The highest BCUT2D eigenvalue weighted by Gasteiger charge is 2.08. The summed E-state index contributed by atoms with van der Waals surface area (Å²) in [7, 11) is 0. The molecular formula is C8H16N4S. The van der Waals surface area contributed by atoms with Crippen LogP contribution in [-0.4, -0.2) is 27.1 Å². The van der Waals surface area contributed by atoms with Crippen LogP contribution >= 0.6 is 11.8 Å². The van der Waals surface area contributed by atoms with Gasteiger partial charge in [-0.15, -0.1) is 10.2 Å². The molecule has 74 valence electrons. The van der Waals surface area contributed by atoms with Gasteiger partial charge in [-0.1, -0.05) is 18.7 Å². The number of aromatic nitrogens is 3. The van der Waals surface area contributed by atoms with E-state index in [-0.39, 0.29) is 0 Å². The third kappa shape index (κ3) is 2.45. The van der Waals surface area contributed by atoms with Crippen LogP contribution in [0.25, 0.3) is 0 Å². The molecule has 0 aliphatic heterocycles. The van der Waals surface area contributed by atoms with E-state index < -0.39 is 0 Å².